The van der Waals surface area contributed by atoms with Crippen LogP contribution in [0.1, 0.15) is 52.1 Å². The third kappa shape index (κ3) is 5.16. The molecule has 0 radical (unpaired) electrons. The van der Waals surface area contributed by atoms with E-state index >= 15 is 0 Å². The number of aromatic nitrogens is 2. The number of aryl methyl sites for hydroxylation is 1. The molecule has 7 heteroatoms. The van der Waals surface area contributed by atoms with E-state index in [0.717, 1.165) is 30.4 Å². The van der Waals surface area contributed by atoms with E-state index < -0.39 is 5.41 Å². The van der Waals surface area contributed by atoms with Gasteiger partial charge in [0, 0.05) is 49.3 Å². The van der Waals surface area contributed by atoms with Gasteiger partial charge in [0.25, 0.3) is 0 Å². The molecule has 1 aromatic heterocycles. The fourth-order valence-electron chi connectivity index (χ4n) is 2.71. The van der Waals surface area contributed by atoms with Crippen molar-refractivity contribution in [3.63, 3.8) is 0 Å². The molecule has 1 N–H and O–H groups in total. The van der Waals surface area contributed by atoms with Crippen LogP contribution in [-0.4, -0.2) is 59.4 Å². The smallest absolute Gasteiger partial charge is 0.242 e. The Morgan fingerprint density at radius 3 is 2.31 bits per heavy atom. The van der Waals surface area contributed by atoms with Gasteiger partial charge >= 0.3 is 0 Å². The van der Waals surface area contributed by atoms with Crippen molar-refractivity contribution in [1.82, 2.24) is 20.2 Å². The van der Waals surface area contributed by atoms with Gasteiger partial charge in [0.2, 0.25) is 11.8 Å². The Kier molecular flexibility index (Phi) is 6.21. The topological polar surface area (TPSA) is 78.4 Å². The number of hydrogen-bond acceptors (Lipinski definition) is 5. The molecule has 1 aliphatic heterocycles. The predicted octanol–water partition coefficient (Wildman–Crippen LogP) is 1.72. The van der Waals surface area contributed by atoms with E-state index in [1.54, 1.807) is 4.90 Å². The maximum atomic E-state index is 12.3. The molecule has 0 unspecified atom stereocenters. The van der Waals surface area contributed by atoms with Crippen LogP contribution in [0.15, 0.2) is 6.07 Å². The van der Waals surface area contributed by atoms with Gasteiger partial charge in [-0.25, -0.2) is 9.97 Å². The summed E-state index contributed by atoms with van der Waals surface area (Å²) in [6.07, 6.45) is 0. The van der Waals surface area contributed by atoms with Gasteiger partial charge in [0.05, 0.1) is 6.54 Å². The molecule has 0 saturated carbocycles. The first-order valence-electron chi connectivity index (χ1n) is 9.24. The normalized spacial score (nSPS) is 15.3. The highest BCUT2D eigenvalue weighted by Crippen LogP contribution is 2.18. The van der Waals surface area contributed by atoms with Crippen molar-refractivity contribution in [2.24, 2.45) is 5.41 Å². The predicted molar refractivity (Wildman–Crippen MR) is 102 cm³/mol. The molecule has 0 spiro atoms. The second-order valence-electron chi connectivity index (χ2n) is 8.18. The molecule has 0 bridgehead atoms. The quantitative estimate of drug-likeness (QED) is 0.883. The summed E-state index contributed by atoms with van der Waals surface area (Å²) in [5, 5.41) is 2.73. The Hall–Kier alpha value is -2.18. The molecule has 1 aliphatic rings. The molecule has 2 heterocycles. The van der Waals surface area contributed by atoms with Crippen LogP contribution >= 0.6 is 0 Å². The standard InChI is InChI=1S/C19H31N5O2/c1-13(2)17-21-14(3)11-15(22-17)23-7-9-24(10-8-23)16(25)12-20-18(26)19(4,5)6/h11,13H,7-10,12H2,1-6H3,(H,20,26). The van der Waals surface area contributed by atoms with Crippen molar-refractivity contribution in [1.29, 1.82) is 0 Å². The zero-order chi connectivity index (χ0) is 19.5. The Morgan fingerprint density at radius 1 is 1.15 bits per heavy atom. The zero-order valence-corrected chi connectivity index (χ0v) is 16.8. The third-order valence-electron chi connectivity index (χ3n) is 4.41. The van der Waals surface area contributed by atoms with Crippen LogP contribution in [0.25, 0.3) is 0 Å². The Labute approximate surface area is 156 Å². The summed E-state index contributed by atoms with van der Waals surface area (Å²) < 4.78 is 0. The van der Waals surface area contributed by atoms with Gasteiger partial charge < -0.3 is 15.1 Å². The maximum Gasteiger partial charge on any atom is 0.242 e. The zero-order valence-electron chi connectivity index (χ0n) is 16.8. The van der Waals surface area contributed by atoms with E-state index in [-0.39, 0.29) is 24.3 Å². The van der Waals surface area contributed by atoms with Crippen molar-refractivity contribution in [2.45, 2.75) is 47.5 Å². The highest BCUT2D eigenvalue weighted by Gasteiger charge is 2.25. The highest BCUT2D eigenvalue weighted by atomic mass is 16.2. The van der Waals surface area contributed by atoms with Crippen LogP contribution in [0, 0.1) is 12.3 Å². The van der Waals surface area contributed by atoms with Gasteiger partial charge in [-0.1, -0.05) is 34.6 Å². The number of rotatable bonds is 4. The van der Waals surface area contributed by atoms with E-state index in [9.17, 15) is 9.59 Å². The summed E-state index contributed by atoms with van der Waals surface area (Å²) >= 11 is 0. The average Bonchev–Trinajstić information content (AvgIpc) is 2.58. The van der Waals surface area contributed by atoms with Crippen molar-refractivity contribution >= 4 is 17.6 Å². The Bertz CT molecular complexity index is 658. The molecule has 1 aromatic rings. The summed E-state index contributed by atoms with van der Waals surface area (Å²) in [7, 11) is 0. The highest BCUT2D eigenvalue weighted by molar-refractivity contribution is 5.87. The minimum Gasteiger partial charge on any atom is -0.353 e. The second kappa shape index (κ2) is 8.01. The lowest BCUT2D eigenvalue weighted by atomic mass is 9.96. The van der Waals surface area contributed by atoms with Crippen molar-refractivity contribution in [3.05, 3.63) is 17.6 Å². The number of nitrogens with one attached hydrogen (secondary N) is 1. The van der Waals surface area contributed by atoms with Crippen molar-refractivity contribution < 1.29 is 9.59 Å². The molecule has 7 nitrogen and oxygen atoms in total. The number of carbonyl (C=O) groups is 2. The molecular formula is C19H31N5O2. The fourth-order valence-corrected chi connectivity index (χ4v) is 2.71. The van der Waals surface area contributed by atoms with Gasteiger partial charge in [-0.05, 0) is 6.92 Å². The van der Waals surface area contributed by atoms with Crippen LogP contribution in [-0.2, 0) is 9.59 Å². The van der Waals surface area contributed by atoms with E-state index in [1.165, 1.54) is 0 Å². The molecule has 26 heavy (non-hydrogen) atoms. The van der Waals surface area contributed by atoms with E-state index in [2.05, 4.69) is 34.0 Å². The lowest BCUT2D eigenvalue weighted by Crippen LogP contribution is -2.52. The van der Waals surface area contributed by atoms with Crippen LogP contribution in [0.5, 0.6) is 0 Å². The molecule has 0 atom stereocenters. The lowest BCUT2D eigenvalue weighted by Gasteiger charge is -2.35. The molecule has 2 rings (SSSR count). The van der Waals surface area contributed by atoms with Crippen molar-refractivity contribution in [2.75, 3.05) is 37.6 Å². The molecule has 144 valence electrons. The molecule has 0 aromatic carbocycles. The number of carbonyl (C=O) groups excluding carboxylic acids is 2. The number of hydrogen-bond donors (Lipinski definition) is 1. The number of anilines is 1. The SMILES string of the molecule is Cc1cc(N2CCN(C(=O)CNC(=O)C(C)(C)C)CC2)nc(C(C)C)n1. The molecule has 0 aliphatic carbocycles. The molecular weight excluding hydrogens is 330 g/mol. The lowest BCUT2D eigenvalue weighted by molar-refractivity contribution is -0.135. The summed E-state index contributed by atoms with van der Waals surface area (Å²) in [5.74, 6) is 1.91. The van der Waals surface area contributed by atoms with Gasteiger partial charge in [0.1, 0.15) is 11.6 Å². The minimum absolute atomic E-state index is 0.0380. The van der Waals surface area contributed by atoms with Crippen LogP contribution < -0.4 is 10.2 Å². The van der Waals surface area contributed by atoms with E-state index in [1.807, 2.05) is 33.8 Å². The minimum atomic E-state index is -0.488. The van der Waals surface area contributed by atoms with Crippen LogP contribution in [0.2, 0.25) is 0 Å². The first-order chi connectivity index (χ1) is 12.1. The molecule has 1 fully saturated rings. The number of nitrogens with zero attached hydrogens (tertiary/aromatic N) is 4. The molecule has 2 amide bonds. The largest absolute Gasteiger partial charge is 0.353 e. The van der Waals surface area contributed by atoms with Crippen LogP contribution in [0.3, 0.4) is 0 Å². The average molecular weight is 361 g/mol. The van der Waals surface area contributed by atoms with Crippen molar-refractivity contribution in [3.8, 4) is 0 Å². The number of amides is 2. The summed E-state index contributed by atoms with van der Waals surface area (Å²) in [5.41, 5.74) is 0.472. The van der Waals surface area contributed by atoms with E-state index in [4.69, 9.17) is 0 Å². The van der Waals surface area contributed by atoms with Gasteiger partial charge in [-0.15, -0.1) is 0 Å². The maximum absolute atomic E-state index is 12.3. The Balaban J connectivity index is 1.91. The first-order valence-corrected chi connectivity index (χ1v) is 9.24. The Morgan fingerprint density at radius 2 is 1.77 bits per heavy atom. The first kappa shape index (κ1) is 20.1. The van der Waals surface area contributed by atoms with Gasteiger partial charge in [-0.3, -0.25) is 9.59 Å². The van der Waals surface area contributed by atoms with Gasteiger partial charge in [0.15, 0.2) is 0 Å². The number of piperazine rings is 1. The van der Waals surface area contributed by atoms with Gasteiger partial charge in [-0.2, -0.15) is 0 Å². The summed E-state index contributed by atoms with van der Waals surface area (Å²) in [4.78, 5) is 37.4. The third-order valence-corrected chi connectivity index (χ3v) is 4.41. The second-order valence-corrected chi connectivity index (χ2v) is 8.18. The fraction of sp³-hybridized carbons (Fsp3) is 0.684. The van der Waals surface area contributed by atoms with E-state index in [0.29, 0.717) is 13.1 Å². The molecule has 1 saturated heterocycles. The summed E-state index contributed by atoms with van der Waals surface area (Å²) in [6, 6.07) is 1.99. The monoisotopic (exact) mass is 361 g/mol. The summed E-state index contributed by atoms with van der Waals surface area (Å²) in [6.45, 7) is 14.4. The van der Waals surface area contributed by atoms with Crippen LogP contribution in [0.4, 0.5) is 5.82 Å².